The number of hydrogen-bond donors (Lipinski definition) is 1. The van der Waals surface area contributed by atoms with Crippen molar-refractivity contribution < 1.29 is 14.3 Å². The molecule has 1 N–H and O–H groups in total. The van der Waals surface area contributed by atoms with Gasteiger partial charge in [-0.1, -0.05) is 30.1 Å². The highest BCUT2D eigenvalue weighted by molar-refractivity contribution is 6.35. The van der Waals surface area contributed by atoms with Crippen LogP contribution in [0.5, 0.6) is 5.75 Å². The molecule has 2 aromatic rings. The molecule has 0 saturated carbocycles. The maximum atomic E-state index is 12.5. The van der Waals surface area contributed by atoms with E-state index >= 15 is 0 Å². The van der Waals surface area contributed by atoms with Crippen LogP contribution in [-0.2, 0) is 11.3 Å². The third-order valence-corrected chi connectivity index (χ3v) is 3.79. The molecule has 2 aromatic carbocycles. The number of hydrogen-bond acceptors (Lipinski definition) is 3. The van der Waals surface area contributed by atoms with Crippen molar-refractivity contribution in [3.63, 3.8) is 0 Å². The second-order valence-electron chi connectivity index (χ2n) is 5.42. The molecule has 0 spiro atoms. The van der Waals surface area contributed by atoms with Crippen LogP contribution in [0.1, 0.15) is 36.2 Å². The van der Waals surface area contributed by atoms with Crippen molar-refractivity contribution in [2.75, 3.05) is 18.5 Å². The van der Waals surface area contributed by atoms with Crippen molar-refractivity contribution >= 4 is 34.8 Å². The predicted molar refractivity (Wildman–Crippen MR) is 102 cm³/mol. The van der Waals surface area contributed by atoms with Crippen LogP contribution in [0.2, 0.25) is 10.0 Å². The third-order valence-electron chi connectivity index (χ3n) is 3.35. The first kappa shape index (κ1) is 19.6. The normalized spacial score (nSPS) is 10.6. The lowest BCUT2D eigenvalue weighted by Gasteiger charge is -2.13. The summed E-state index contributed by atoms with van der Waals surface area (Å²) < 4.78 is 11.2. The molecule has 0 aromatic heterocycles. The fraction of sp³-hybridized carbons (Fsp3) is 0.316. The van der Waals surface area contributed by atoms with Crippen molar-refractivity contribution in [3.8, 4) is 5.75 Å². The van der Waals surface area contributed by atoms with Gasteiger partial charge in [0.25, 0.3) is 5.91 Å². The minimum absolute atomic E-state index is 0.252. The highest BCUT2D eigenvalue weighted by Crippen LogP contribution is 2.25. The summed E-state index contributed by atoms with van der Waals surface area (Å²) in [6.07, 6.45) is 0.930. The Labute approximate surface area is 158 Å². The lowest BCUT2D eigenvalue weighted by atomic mass is 10.1. The van der Waals surface area contributed by atoms with Gasteiger partial charge in [0.2, 0.25) is 0 Å². The zero-order valence-corrected chi connectivity index (χ0v) is 15.8. The van der Waals surface area contributed by atoms with Crippen LogP contribution >= 0.6 is 23.2 Å². The van der Waals surface area contributed by atoms with E-state index in [4.69, 9.17) is 32.7 Å². The Morgan fingerprint density at radius 2 is 1.80 bits per heavy atom. The number of carbonyl (C=O) groups excluding carboxylic acids is 1. The van der Waals surface area contributed by atoms with Crippen molar-refractivity contribution in [2.24, 2.45) is 0 Å². The zero-order valence-electron chi connectivity index (χ0n) is 14.3. The van der Waals surface area contributed by atoms with Crippen LogP contribution < -0.4 is 10.1 Å². The van der Waals surface area contributed by atoms with Crippen LogP contribution in [0, 0.1) is 0 Å². The molecule has 0 atom stereocenters. The van der Waals surface area contributed by atoms with E-state index in [0.717, 1.165) is 17.7 Å². The summed E-state index contributed by atoms with van der Waals surface area (Å²) in [7, 11) is 0. The molecule has 0 aliphatic rings. The Hall–Kier alpha value is -1.75. The highest BCUT2D eigenvalue weighted by Gasteiger charge is 2.12. The number of benzene rings is 2. The largest absolute Gasteiger partial charge is 0.494 e. The molecule has 1 amide bonds. The lowest BCUT2D eigenvalue weighted by molar-refractivity contribution is 0.102. The van der Waals surface area contributed by atoms with Crippen molar-refractivity contribution in [1.82, 2.24) is 0 Å². The number of anilines is 1. The van der Waals surface area contributed by atoms with Gasteiger partial charge in [0.05, 0.1) is 13.2 Å². The SMILES string of the molecule is CCCOCc1cc(C(=O)Nc2cc(Cl)cc(Cl)c2)ccc1OCC. The summed E-state index contributed by atoms with van der Waals surface area (Å²) in [6.45, 7) is 5.56. The Bertz CT molecular complexity index is 714. The quantitative estimate of drug-likeness (QED) is 0.607. The van der Waals surface area contributed by atoms with Crippen molar-refractivity contribution in [1.29, 1.82) is 0 Å². The first-order valence-corrected chi connectivity index (χ1v) is 8.90. The lowest BCUT2D eigenvalue weighted by Crippen LogP contribution is -2.13. The summed E-state index contributed by atoms with van der Waals surface area (Å²) in [4.78, 5) is 12.5. The summed E-state index contributed by atoms with van der Waals surface area (Å²) in [5.74, 6) is 0.471. The minimum atomic E-state index is -0.252. The molecule has 0 saturated heterocycles. The van der Waals surface area contributed by atoms with E-state index in [1.807, 2.05) is 13.8 Å². The van der Waals surface area contributed by atoms with E-state index in [1.165, 1.54) is 0 Å². The Kier molecular flexibility index (Phi) is 7.56. The van der Waals surface area contributed by atoms with Gasteiger partial charge in [0, 0.05) is 33.5 Å². The van der Waals surface area contributed by atoms with Gasteiger partial charge in [-0.2, -0.15) is 0 Å². The summed E-state index contributed by atoms with van der Waals surface area (Å²) in [5, 5.41) is 3.72. The topological polar surface area (TPSA) is 47.6 Å². The maximum absolute atomic E-state index is 12.5. The molecular weight excluding hydrogens is 361 g/mol. The Balaban J connectivity index is 2.18. The second kappa shape index (κ2) is 9.66. The first-order chi connectivity index (χ1) is 12.0. The number of halogens is 2. The van der Waals surface area contributed by atoms with Crippen LogP contribution in [0.25, 0.3) is 0 Å². The molecule has 134 valence electrons. The van der Waals surface area contributed by atoms with Gasteiger partial charge in [-0.25, -0.2) is 0 Å². The van der Waals surface area contributed by atoms with Gasteiger partial charge < -0.3 is 14.8 Å². The second-order valence-corrected chi connectivity index (χ2v) is 6.29. The highest BCUT2D eigenvalue weighted by atomic mass is 35.5. The molecule has 0 radical (unpaired) electrons. The monoisotopic (exact) mass is 381 g/mol. The van der Waals surface area contributed by atoms with Gasteiger partial charge >= 0.3 is 0 Å². The Morgan fingerprint density at radius 3 is 2.44 bits per heavy atom. The van der Waals surface area contributed by atoms with E-state index in [9.17, 15) is 4.79 Å². The van der Waals surface area contributed by atoms with Crippen LogP contribution in [0.3, 0.4) is 0 Å². The Morgan fingerprint density at radius 1 is 1.08 bits per heavy atom. The number of amides is 1. The van der Waals surface area contributed by atoms with E-state index in [-0.39, 0.29) is 5.91 Å². The predicted octanol–water partition coefficient (Wildman–Crippen LogP) is 5.57. The number of ether oxygens (including phenoxy) is 2. The average Bonchev–Trinajstić information content (AvgIpc) is 2.55. The average molecular weight is 382 g/mol. The zero-order chi connectivity index (χ0) is 18.2. The van der Waals surface area contributed by atoms with E-state index < -0.39 is 0 Å². The standard InChI is InChI=1S/C19H21Cl2NO3/c1-3-7-24-12-14-8-13(5-6-18(14)25-4-2)19(23)22-17-10-15(20)9-16(21)11-17/h5-6,8-11H,3-4,7,12H2,1-2H3,(H,22,23). The van der Waals surface area contributed by atoms with E-state index in [2.05, 4.69) is 5.32 Å². The van der Waals surface area contributed by atoms with E-state index in [1.54, 1.807) is 36.4 Å². The molecule has 2 rings (SSSR count). The van der Waals surface area contributed by atoms with Crippen LogP contribution in [0.4, 0.5) is 5.69 Å². The van der Waals surface area contributed by atoms with Crippen LogP contribution in [-0.4, -0.2) is 19.1 Å². The first-order valence-electron chi connectivity index (χ1n) is 8.14. The third kappa shape index (κ3) is 5.92. The van der Waals surface area contributed by atoms with Crippen molar-refractivity contribution in [2.45, 2.75) is 26.9 Å². The molecule has 0 aliphatic heterocycles. The molecule has 4 nitrogen and oxygen atoms in total. The van der Waals surface area contributed by atoms with Crippen molar-refractivity contribution in [3.05, 3.63) is 57.6 Å². The van der Waals surface area contributed by atoms with Gasteiger partial charge in [0.15, 0.2) is 0 Å². The molecule has 0 aliphatic carbocycles. The molecule has 0 unspecified atom stereocenters. The van der Waals surface area contributed by atoms with Gasteiger partial charge in [0.1, 0.15) is 5.75 Å². The van der Waals surface area contributed by atoms with Gasteiger partial charge in [-0.3, -0.25) is 4.79 Å². The minimum Gasteiger partial charge on any atom is -0.494 e. The molecule has 0 bridgehead atoms. The summed E-state index contributed by atoms with van der Waals surface area (Å²) >= 11 is 11.9. The number of carbonyl (C=O) groups is 1. The molecule has 6 heteroatoms. The van der Waals surface area contributed by atoms with Gasteiger partial charge in [-0.15, -0.1) is 0 Å². The fourth-order valence-corrected chi connectivity index (χ4v) is 2.81. The summed E-state index contributed by atoms with van der Waals surface area (Å²) in [5.41, 5.74) is 1.89. The number of nitrogens with one attached hydrogen (secondary N) is 1. The molecular formula is C19H21Cl2NO3. The van der Waals surface area contributed by atoms with Gasteiger partial charge in [-0.05, 0) is 49.7 Å². The van der Waals surface area contributed by atoms with Crippen LogP contribution in [0.15, 0.2) is 36.4 Å². The maximum Gasteiger partial charge on any atom is 0.255 e. The smallest absolute Gasteiger partial charge is 0.255 e. The number of rotatable bonds is 8. The molecule has 25 heavy (non-hydrogen) atoms. The fourth-order valence-electron chi connectivity index (χ4n) is 2.29. The summed E-state index contributed by atoms with van der Waals surface area (Å²) in [6, 6.07) is 10.2. The van der Waals surface area contributed by atoms with E-state index in [0.29, 0.717) is 41.1 Å². The molecule has 0 fully saturated rings. The molecule has 0 heterocycles.